The summed E-state index contributed by atoms with van der Waals surface area (Å²) >= 11 is 7.55. The molecule has 2 aromatic rings. The number of thioether (sulfide) groups is 1. The third-order valence-electron chi connectivity index (χ3n) is 2.83. The van der Waals surface area contributed by atoms with E-state index in [9.17, 15) is 0 Å². The van der Waals surface area contributed by atoms with E-state index in [1.54, 1.807) is 11.8 Å². The van der Waals surface area contributed by atoms with E-state index in [1.807, 2.05) is 38.1 Å². The van der Waals surface area contributed by atoms with Crippen molar-refractivity contribution in [1.29, 1.82) is 0 Å². The fraction of sp³-hybridized carbons (Fsp3) is 0.385. The molecule has 2 atom stereocenters. The predicted octanol–water partition coefficient (Wildman–Crippen LogP) is 3.47. The molecule has 0 aliphatic rings. The summed E-state index contributed by atoms with van der Waals surface area (Å²) in [5.41, 5.74) is 5.81. The fourth-order valence-corrected chi connectivity index (χ4v) is 2.49. The van der Waals surface area contributed by atoms with Gasteiger partial charge in [-0.2, -0.15) is 4.98 Å². The van der Waals surface area contributed by atoms with Crippen LogP contribution in [0.15, 0.2) is 33.7 Å². The van der Waals surface area contributed by atoms with Gasteiger partial charge in [0.25, 0.3) is 0 Å². The van der Waals surface area contributed by atoms with E-state index in [1.165, 1.54) is 0 Å². The Kier molecular flexibility index (Phi) is 4.85. The van der Waals surface area contributed by atoms with Crippen LogP contribution in [0, 0.1) is 0 Å². The summed E-state index contributed by atoms with van der Waals surface area (Å²) in [6, 6.07) is 7.68. The topological polar surface area (TPSA) is 64.9 Å². The zero-order chi connectivity index (χ0) is 13.8. The van der Waals surface area contributed by atoms with Crippen molar-refractivity contribution in [1.82, 2.24) is 10.1 Å². The lowest BCUT2D eigenvalue weighted by Gasteiger charge is -2.09. The van der Waals surface area contributed by atoms with Gasteiger partial charge in [0, 0.05) is 16.0 Å². The highest BCUT2D eigenvalue weighted by Crippen LogP contribution is 2.25. The van der Waals surface area contributed by atoms with Gasteiger partial charge in [0.2, 0.25) is 5.89 Å². The number of rotatable bonds is 5. The minimum Gasteiger partial charge on any atom is -0.339 e. The van der Waals surface area contributed by atoms with E-state index < -0.39 is 0 Å². The first-order valence-corrected chi connectivity index (χ1v) is 7.39. The van der Waals surface area contributed by atoms with Crippen LogP contribution >= 0.6 is 23.4 Å². The summed E-state index contributed by atoms with van der Waals surface area (Å²) in [4.78, 5) is 5.44. The second-order valence-electron chi connectivity index (χ2n) is 4.44. The van der Waals surface area contributed by atoms with Crippen molar-refractivity contribution in [2.24, 2.45) is 5.73 Å². The van der Waals surface area contributed by atoms with E-state index in [4.69, 9.17) is 21.9 Å². The Morgan fingerprint density at radius 3 is 2.89 bits per heavy atom. The van der Waals surface area contributed by atoms with Gasteiger partial charge in [0.15, 0.2) is 5.82 Å². The van der Waals surface area contributed by atoms with Crippen LogP contribution in [-0.4, -0.2) is 16.2 Å². The molecule has 0 spiro atoms. The first kappa shape index (κ1) is 14.4. The molecule has 0 aliphatic heterocycles. The Morgan fingerprint density at radius 1 is 1.42 bits per heavy atom. The average Bonchev–Trinajstić information content (AvgIpc) is 2.84. The SMILES string of the molecule is CC(N)C(C)c1nc(CSc2cccc(Cl)c2)no1. The second kappa shape index (κ2) is 6.41. The lowest BCUT2D eigenvalue weighted by Crippen LogP contribution is -2.22. The highest BCUT2D eigenvalue weighted by molar-refractivity contribution is 7.98. The van der Waals surface area contributed by atoms with Gasteiger partial charge in [-0.25, -0.2) is 0 Å². The van der Waals surface area contributed by atoms with Crippen LogP contribution in [0.3, 0.4) is 0 Å². The second-order valence-corrected chi connectivity index (χ2v) is 5.93. The lowest BCUT2D eigenvalue weighted by molar-refractivity contribution is 0.344. The highest BCUT2D eigenvalue weighted by Gasteiger charge is 2.17. The maximum absolute atomic E-state index is 5.93. The third-order valence-corrected chi connectivity index (χ3v) is 4.05. The van der Waals surface area contributed by atoms with Gasteiger partial charge in [-0.15, -0.1) is 11.8 Å². The minimum atomic E-state index is -0.00566. The van der Waals surface area contributed by atoms with E-state index in [0.717, 1.165) is 9.92 Å². The van der Waals surface area contributed by atoms with Crippen LogP contribution in [0.2, 0.25) is 5.02 Å². The molecule has 0 radical (unpaired) electrons. The third kappa shape index (κ3) is 3.96. The van der Waals surface area contributed by atoms with Gasteiger partial charge in [-0.1, -0.05) is 29.7 Å². The first-order chi connectivity index (χ1) is 9.06. The number of nitrogens with two attached hydrogens (primary N) is 1. The van der Waals surface area contributed by atoms with E-state index in [-0.39, 0.29) is 12.0 Å². The Labute approximate surface area is 121 Å². The molecule has 6 heteroatoms. The minimum absolute atomic E-state index is 0.00566. The molecule has 1 aromatic heterocycles. The quantitative estimate of drug-likeness (QED) is 0.856. The van der Waals surface area contributed by atoms with Crippen LogP contribution < -0.4 is 5.73 Å². The summed E-state index contributed by atoms with van der Waals surface area (Å²) in [5, 5.41) is 4.69. The zero-order valence-corrected chi connectivity index (χ0v) is 12.4. The maximum atomic E-state index is 5.93. The molecule has 2 rings (SSSR count). The van der Waals surface area contributed by atoms with E-state index >= 15 is 0 Å². The average molecular weight is 298 g/mol. The van der Waals surface area contributed by atoms with Crippen LogP contribution in [0.5, 0.6) is 0 Å². The molecule has 102 valence electrons. The summed E-state index contributed by atoms with van der Waals surface area (Å²) in [7, 11) is 0. The molecule has 0 saturated heterocycles. The van der Waals surface area contributed by atoms with Crippen LogP contribution in [0.4, 0.5) is 0 Å². The molecule has 0 aliphatic carbocycles. The molecule has 0 saturated carbocycles. The van der Waals surface area contributed by atoms with Crippen molar-refractivity contribution >= 4 is 23.4 Å². The van der Waals surface area contributed by atoms with Gasteiger partial charge in [0.1, 0.15) is 0 Å². The monoisotopic (exact) mass is 297 g/mol. The molecular formula is C13H16ClN3OS. The van der Waals surface area contributed by atoms with Gasteiger partial charge in [0.05, 0.1) is 11.7 Å². The van der Waals surface area contributed by atoms with Gasteiger partial charge in [-0.05, 0) is 25.1 Å². The first-order valence-electron chi connectivity index (χ1n) is 6.02. The number of halogens is 1. The van der Waals surface area contributed by atoms with Crippen molar-refractivity contribution in [2.45, 2.75) is 36.5 Å². The molecule has 4 nitrogen and oxygen atoms in total. The van der Waals surface area contributed by atoms with Gasteiger partial charge >= 0.3 is 0 Å². The zero-order valence-electron chi connectivity index (χ0n) is 10.8. The number of nitrogens with zero attached hydrogens (tertiary/aromatic N) is 2. The standard InChI is InChI=1S/C13H16ClN3OS/c1-8(9(2)15)13-16-12(17-18-13)7-19-11-5-3-4-10(14)6-11/h3-6,8-9H,7,15H2,1-2H3. The Hall–Kier alpha value is -1.04. The van der Waals surface area contributed by atoms with Crippen molar-refractivity contribution in [3.63, 3.8) is 0 Å². The molecule has 0 amide bonds. The molecular weight excluding hydrogens is 282 g/mol. The summed E-state index contributed by atoms with van der Waals surface area (Å²) in [5.74, 6) is 1.98. The molecule has 0 fully saturated rings. The molecule has 0 bridgehead atoms. The number of benzene rings is 1. The number of hydrogen-bond acceptors (Lipinski definition) is 5. The highest BCUT2D eigenvalue weighted by atomic mass is 35.5. The summed E-state index contributed by atoms with van der Waals surface area (Å²) < 4.78 is 5.22. The smallest absolute Gasteiger partial charge is 0.231 e. The van der Waals surface area contributed by atoms with Crippen LogP contribution in [-0.2, 0) is 5.75 Å². The largest absolute Gasteiger partial charge is 0.339 e. The molecule has 2 N–H and O–H groups in total. The number of aromatic nitrogens is 2. The molecule has 2 unspecified atom stereocenters. The van der Waals surface area contributed by atoms with Crippen LogP contribution in [0.25, 0.3) is 0 Å². The Morgan fingerprint density at radius 2 is 2.21 bits per heavy atom. The number of hydrogen-bond donors (Lipinski definition) is 1. The normalized spacial score (nSPS) is 14.3. The van der Waals surface area contributed by atoms with Crippen molar-refractivity contribution in [3.8, 4) is 0 Å². The summed E-state index contributed by atoms with van der Waals surface area (Å²) in [6.45, 7) is 3.90. The maximum Gasteiger partial charge on any atom is 0.231 e. The molecule has 1 aromatic carbocycles. The Balaban J connectivity index is 1.97. The van der Waals surface area contributed by atoms with Crippen molar-refractivity contribution in [3.05, 3.63) is 41.0 Å². The molecule has 1 heterocycles. The van der Waals surface area contributed by atoms with Crippen molar-refractivity contribution < 1.29 is 4.52 Å². The summed E-state index contributed by atoms with van der Waals surface area (Å²) in [6.07, 6.45) is 0. The lowest BCUT2D eigenvalue weighted by atomic mass is 10.1. The van der Waals surface area contributed by atoms with Crippen LogP contribution in [0.1, 0.15) is 31.5 Å². The van der Waals surface area contributed by atoms with Crippen molar-refractivity contribution in [2.75, 3.05) is 0 Å². The van der Waals surface area contributed by atoms with Gasteiger partial charge < -0.3 is 10.3 Å². The fourth-order valence-electron chi connectivity index (χ4n) is 1.44. The van der Waals surface area contributed by atoms with Gasteiger partial charge in [-0.3, -0.25) is 0 Å². The predicted molar refractivity (Wildman–Crippen MR) is 77.4 cm³/mol. The van der Waals surface area contributed by atoms with E-state index in [2.05, 4.69) is 10.1 Å². The molecule has 19 heavy (non-hydrogen) atoms. The Bertz CT molecular complexity index is 544. The van der Waals surface area contributed by atoms with E-state index in [0.29, 0.717) is 17.5 Å².